The summed E-state index contributed by atoms with van der Waals surface area (Å²) in [5.41, 5.74) is 0.742. The third kappa shape index (κ3) is 14.0. The molecular weight excluding hydrogens is 334 g/mol. The number of phenolic OH excluding ortho intramolecular Hbond substituents is 1. The number of phenols is 1. The first-order chi connectivity index (χ1) is 13.2. The molecule has 0 spiro atoms. The summed E-state index contributed by atoms with van der Waals surface area (Å²) in [6, 6.07) is 6.60. The van der Waals surface area contributed by atoms with Crippen molar-refractivity contribution in [3.63, 3.8) is 0 Å². The van der Waals surface area contributed by atoms with E-state index in [1.807, 2.05) is 0 Å². The normalized spacial score (nSPS) is 11.1. The van der Waals surface area contributed by atoms with E-state index in [2.05, 4.69) is 24.4 Å². The Labute approximate surface area is 166 Å². The van der Waals surface area contributed by atoms with Gasteiger partial charge in [-0.05, 0) is 56.4 Å². The second kappa shape index (κ2) is 16.4. The van der Waals surface area contributed by atoms with Crippen molar-refractivity contribution in [1.29, 1.82) is 0 Å². The molecule has 0 saturated carbocycles. The minimum absolute atomic E-state index is 0.0560. The summed E-state index contributed by atoms with van der Waals surface area (Å²) < 4.78 is 0. The molecule has 0 aliphatic carbocycles. The zero-order valence-corrected chi connectivity index (χ0v) is 17.2. The number of hydrogen-bond donors (Lipinski definition) is 2. The largest absolute Gasteiger partial charge is 0.508 e. The molecule has 0 bridgehead atoms. The van der Waals surface area contributed by atoms with Gasteiger partial charge in [0.1, 0.15) is 5.75 Å². The molecule has 2 N–H and O–H groups in total. The van der Waals surface area contributed by atoms with Gasteiger partial charge in [0.15, 0.2) is 0 Å². The van der Waals surface area contributed by atoms with Gasteiger partial charge in [-0.1, -0.05) is 70.4 Å². The van der Waals surface area contributed by atoms with Crippen LogP contribution in [-0.4, -0.2) is 11.0 Å². The number of aromatic hydroxyl groups is 1. The summed E-state index contributed by atoms with van der Waals surface area (Å²) in [7, 11) is 0. The fraction of sp³-hybridized carbons (Fsp3) is 0.625. The van der Waals surface area contributed by atoms with Crippen LogP contribution in [0.4, 0.5) is 5.69 Å². The molecule has 1 rings (SSSR count). The van der Waals surface area contributed by atoms with Crippen LogP contribution < -0.4 is 5.32 Å². The molecule has 0 radical (unpaired) electrons. The number of carbonyl (C=O) groups excluding carboxylic acids is 1. The zero-order chi connectivity index (χ0) is 19.6. The van der Waals surface area contributed by atoms with E-state index >= 15 is 0 Å². The molecule has 27 heavy (non-hydrogen) atoms. The highest BCUT2D eigenvalue weighted by Gasteiger charge is 2.02. The minimum atomic E-state index is 0.0560. The van der Waals surface area contributed by atoms with Gasteiger partial charge in [0.05, 0.1) is 0 Å². The van der Waals surface area contributed by atoms with Gasteiger partial charge in [-0.2, -0.15) is 0 Å². The maximum absolute atomic E-state index is 11.9. The van der Waals surface area contributed by atoms with Crippen molar-refractivity contribution in [1.82, 2.24) is 0 Å². The average molecular weight is 374 g/mol. The van der Waals surface area contributed by atoms with E-state index in [1.165, 1.54) is 70.6 Å². The second-order valence-corrected chi connectivity index (χ2v) is 7.43. The molecule has 0 unspecified atom stereocenters. The lowest BCUT2D eigenvalue weighted by molar-refractivity contribution is -0.116. The smallest absolute Gasteiger partial charge is 0.224 e. The van der Waals surface area contributed by atoms with Crippen molar-refractivity contribution in [2.24, 2.45) is 0 Å². The maximum atomic E-state index is 11.9. The van der Waals surface area contributed by atoms with E-state index in [9.17, 15) is 9.90 Å². The summed E-state index contributed by atoms with van der Waals surface area (Å²) >= 11 is 0. The number of hydrogen-bond acceptors (Lipinski definition) is 2. The van der Waals surface area contributed by atoms with Gasteiger partial charge in [0, 0.05) is 12.1 Å². The fourth-order valence-corrected chi connectivity index (χ4v) is 3.12. The van der Waals surface area contributed by atoms with Crippen molar-refractivity contribution >= 4 is 11.6 Å². The van der Waals surface area contributed by atoms with Crippen LogP contribution in [-0.2, 0) is 4.79 Å². The molecule has 152 valence electrons. The van der Waals surface area contributed by atoms with Crippen LogP contribution in [0.15, 0.2) is 36.4 Å². The molecule has 0 saturated heterocycles. The third-order valence-corrected chi connectivity index (χ3v) is 4.82. The van der Waals surface area contributed by atoms with Crippen LogP contribution in [0.25, 0.3) is 0 Å². The molecule has 0 atom stereocenters. The number of unbranched alkanes of at least 4 members (excludes halogenated alkanes) is 11. The van der Waals surface area contributed by atoms with E-state index in [0.29, 0.717) is 6.42 Å². The molecule has 0 fully saturated rings. The maximum Gasteiger partial charge on any atom is 0.224 e. The first-order valence-corrected chi connectivity index (χ1v) is 11.0. The molecule has 3 heteroatoms. The Morgan fingerprint density at radius 2 is 1.33 bits per heavy atom. The predicted molar refractivity (Wildman–Crippen MR) is 116 cm³/mol. The summed E-state index contributed by atoms with van der Waals surface area (Å²) in [5, 5.41) is 12.1. The summed E-state index contributed by atoms with van der Waals surface area (Å²) in [4.78, 5) is 11.9. The standard InChI is InChI=1S/C24H39NO2/c1-2-3-4-5-6-7-8-9-10-11-12-13-14-15-16-17-24(27)25-22-18-20-23(26)21-19-22/h8-9,18-21,26H,2-7,10-17H2,1H3,(H,25,27). The Balaban J connectivity index is 1.86. The summed E-state index contributed by atoms with van der Waals surface area (Å²) in [6.45, 7) is 2.26. The Morgan fingerprint density at radius 3 is 1.93 bits per heavy atom. The lowest BCUT2D eigenvalue weighted by Gasteiger charge is -2.05. The van der Waals surface area contributed by atoms with Crippen molar-refractivity contribution < 1.29 is 9.90 Å². The van der Waals surface area contributed by atoms with Crippen molar-refractivity contribution in [3.8, 4) is 5.75 Å². The molecule has 1 aromatic carbocycles. The number of nitrogens with one attached hydrogen (secondary N) is 1. The van der Waals surface area contributed by atoms with E-state index in [0.717, 1.165) is 18.5 Å². The first-order valence-electron chi connectivity index (χ1n) is 11.0. The van der Waals surface area contributed by atoms with Gasteiger partial charge in [-0.15, -0.1) is 0 Å². The number of amides is 1. The number of allylic oxidation sites excluding steroid dienone is 2. The number of benzene rings is 1. The van der Waals surface area contributed by atoms with Crippen LogP contribution in [0.2, 0.25) is 0 Å². The van der Waals surface area contributed by atoms with Crippen LogP contribution in [0.1, 0.15) is 96.8 Å². The number of carbonyl (C=O) groups is 1. The highest BCUT2D eigenvalue weighted by atomic mass is 16.3. The Hall–Kier alpha value is -1.77. The van der Waals surface area contributed by atoms with Crippen molar-refractivity contribution in [2.75, 3.05) is 5.32 Å². The topological polar surface area (TPSA) is 49.3 Å². The fourth-order valence-electron chi connectivity index (χ4n) is 3.12. The van der Waals surface area contributed by atoms with Crippen LogP contribution in [0, 0.1) is 0 Å². The summed E-state index contributed by atoms with van der Waals surface area (Å²) in [6.07, 6.45) is 21.7. The molecule has 0 aliphatic rings. The second-order valence-electron chi connectivity index (χ2n) is 7.43. The Bertz CT molecular complexity index is 508. The van der Waals surface area contributed by atoms with E-state index < -0.39 is 0 Å². The Morgan fingerprint density at radius 1 is 0.815 bits per heavy atom. The van der Waals surface area contributed by atoms with Crippen LogP contribution in [0.5, 0.6) is 5.75 Å². The van der Waals surface area contributed by atoms with Crippen LogP contribution in [0.3, 0.4) is 0 Å². The highest BCUT2D eigenvalue weighted by molar-refractivity contribution is 5.90. The monoisotopic (exact) mass is 373 g/mol. The van der Waals surface area contributed by atoms with Crippen molar-refractivity contribution in [2.45, 2.75) is 96.8 Å². The lowest BCUT2D eigenvalue weighted by atomic mass is 10.1. The van der Waals surface area contributed by atoms with Gasteiger partial charge >= 0.3 is 0 Å². The van der Waals surface area contributed by atoms with E-state index in [-0.39, 0.29) is 11.7 Å². The predicted octanol–water partition coefficient (Wildman–Crippen LogP) is 7.37. The van der Waals surface area contributed by atoms with E-state index in [4.69, 9.17) is 0 Å². The molecular formula is C24H39NO2. The van der Waals surface area contributed by atoms with Gasteiger partial charge in [-0.3, -0.25) is 4.79 Å². The Kier molecular flexibility index (Phi) is 14.1. The molecule has 3 nitrogen and oxygen atoms in total. The molecule has 1 amide bonds. The molecule has 0 aliphatic heterocycles. The molecule has 1 aromatic rings. The van der Waals surface area contributed by atoms with Gasteiger partial charge < -0.3 is 10.4 Å². The minimum Gasteiger partial charge on any atom is -0.508 e. The first kappa shape index (κ1) is 23.3. The van der Waals surface area contributed by atoms with Gasteiger partial charge in [0.25, 0.3) is 0 Å². The average Bonchev–Trinajstić information content (AvgIpc) is 2.66. The summed E-state index contributed by atoms with van der Waals surface area (Å²) in [5.74, 6) is 0.270. The number of anilines is 1. The highest BCUT2D eigenvalue weighted by Crippen LogP contribution is 2.15. The number of rotatable bonds is 16. The van der Waals surface area contributed by atoms with E-state index in [1.54, 1.807) is 24.3 Å². The molecule has 0 heterocycles. The SMILES string of the molecule is CCCCCCCC=CCCCCCCCCC(=O)Nc1ccc(O)cc1. The van der Waals surface area contributed by atoms with Gasteiger partial charge in [-0.25, -0.2) is 0 Å². The quantitative estimate of drug-likeness (QED) is 0.180. The van der Waals surface area contributed by atoms with Gasteiger partial charge in [0.2, 0.25) is 5.91 Å². The molecule has 0 aromatic heterocycles. The lowest BCUT2D eigenvalue weighted by Crippen LogP contribution is -2.10. The van der Waals surface area contributed by atoms with Crippen LogP contribution >= 0.6 is 0 Å². The third-order valence-electron chi connectivity index (χ3n) is 4.82. The van der Waals surface area contributed by atoms with Crippen molar-refractivity contribution in [3.05, 3.63) is 36.4 Å². The zero-order valence-electron chi connectivity index (χ0n) is 17.2.